The maximum atomic E-state index is 12.9. The Hall–Kier alpha value is -2.14. The average molecular weight is 266 g/mol. The quantitative estimate of drug-likeness (QED) is 0.873. The first-order valence-electron chi connectivity index (χ1n) is 5.08. The topological polar surface area (TPSA) is 54.0 Å². The van der Waals surface area contributed by atoms with Crippen molar-refractivity contribution in [1.82, 2.24) is 4.98 Å². The molecule has 0 unspecified atom stereocenters. The lowest BCUT2D eigenvalue weighted by Gasteiger charge is -2.06. The highest BCUT2D eigenvalue weighted by Gasteiger charge is 2.04. The van der Waals surface area contributed by atoms with E-state index in [4.69, 9.17) is 11.6 Å². The van der Waals surface area contributed by atoms with Gasteiger partial charge in [-0.3, -0.25) is 5.32 Å². The van der Waals surface area contributed by atoms with Gasteiger partial charge in [0.1, 0.15) is 11.6 Å². The Kier molecular flexibility index (Phi) is 3.74. The van der Waals surface area contributed by atoms with Crippen LogP contribution in [0, 0.1) is 5.82 Å². The molecule has 1 aromatic carbocycles. The number of nitrogens with zero attached hydrogens (tertiary/aromatic N) is 1. The number of halogens is 2. The number of pyridine rings is 1. The summed E-state index contributed by atoms with van der Waals surface area (Å²) in [4.78, 5) is 15.5. The molecule has 0 aliphatic carbocycles. The molecule has 1 heterocycles. The van der Waals surface area contributed by atoms with Crippen molar-refractivity contribution in [3.63, 3.8) is 0 Å². The molecule has 6 heteroatoms. The van der Waals surface area contributed by atoms with Crippen molar-refractivity contribution in [3.8, 4) is 0 Å². The van der Waals surface area contributed by atoms with Crippen molar-refractivity contribution in [3.05, 3.63) is 53.4 Å². The first-order valence-corrected chi connectivity index (χ1v) is 5.46. The molecule has 0 saturated heterocycles. The van der Waals surface area contributed by atoms with Crippen LogP contribution in [-0.2, 0) is 0 Å². The molecule has 18 heavy (non-hydrogen) atoms. The zero-order chi connectivity index (χ0) is 13.0. The highest BCUT2D eigenvalue weighted by atomic mass is 35.5. The number of nitrogens with one attached hydrogen (secondary N) is 2. The molecule has 0 spiro atoms. The van der Waals surface area contributed by atoms with Gasteiger partial charge in [0.2, 0.25) is 0 Å². The summed E-state index contributed by atoms with van der Waals surface area (Å²) in [6, 6.07) is 8.17. The van der Waals surface area contributed by atoms with Crippen LogP contribution in [0.4, 0.5) is 20.7 Å². The summed E-state index contributed by atoms with van der Waals surface area (Å²) in [7, 11) is 0. The number of benzene rings is 1. The van der Waals surface area contributed by atoms with Gasteiger partial charge in [0.15, 0.2) is 0 Å². The number of aromatic nitrogens is 1. The fourth-order valence-corrected chi connectivity index (χ4v) is 1.48. The van der Waals surface area contributed by atoms with Gasteiger partial charge in [0.25, 0.3) is 0 Å². The van der Waals surface area contributed by atoms with Crippen LogP contribution in [0.3, 0.4) is 0 Å². The fourth-order valence-electron chi connectivity index (χ4n) is 1.32. The van der Waals surface area contributed by atoms with E-state index in [-0.39, 0.29) is 0 Å². The molecule has 1 aromatic heterocycles. The van der Waals surface area contributed by atoms with Gasteiger partial charge >= 0.3 is 6.03 Å². The first-order chi connectivity index (χ1) is 8.63. The second kappa shape index (κ2) is 5.46. The van der Waals surface area contributed by atoms with Gasteiger partial charge in [0.05, 0.1) is 0 Å². The molecule has 0 radical (unpaired) electrons. The standard InChI is InChI=1S/C12H9ClFN3O/c13-8-4-5-15-11(6-8)17-12(18)16-10-3-1-2-9(14)7-10/h1-7H,(H2,15,16,17,18). The molecule has 0 atom stereocenters. The summed E-state index contributed by atoms with van der Waals surface area (Å²) < 4.78 is 12.9. The van der Waals surface area contributed by atoms with E-state index in [2.05, 4.69) is 15.6 Å². The number of urea groups is 1. The summed E-state index contributed by atoms with van der Waals surface area (Å²) in [5, 5.41) is 5.42. The molecule has 0 bridgehead atoms. The van der Waals surface area contributed by atoms with Crippen LogP contribution in [0.1, 0.15) is 0 Å². The summed E-state index contributed by atoms with van der Waals surface area (Å²) in [5.41, 5.74) is 0.356. The Balaban J connectivity index is 2.01. The van der Waals surface area contributed by atoms with Crippen LogP contribution >= 0.6 is 11.6 Å². The van der Waals surface area contributed by atoms with Gasteiger partial charge in [-0.25, -0.2) is 14.2 Å². The molecule has 4 nitrogen and oxygen atoms in total. The molecule has 0 saturated carbocycles. The number of hydrogen-bond donors (Lipinski definition) is 2. The van der Waals surface area contributed by atoms with E-state index in [1.54, 1.807) is 12.1 Å². The Morgan fingerprint density at radius 3 is 2.78 bits per heavy atom. The molecule has 0 aliphatic rings. The number of carbonyl (C=O) groups excluding carboxylic acids is 1. The molecule has 2 rings (SSSR count). The third kappa shape index (κ3) is 3.43. The highest BCUT2D eigenvalue weighted by Crippen LogP contribution is 2.13. The van der Waals surface area contributed by atoms with Crippen LogP contribution < -0.4 is 10.6 Å². The van der Waals surface area contributed by atoms with Crippen molar-refractivity contribution in [2.24, 2.45) is 0 Å². The zero-order valence-corrected chi connectivity index (χ0v) is 9.91. The van der Waals surface area contributed by atoms with E-state index in [0.29, 0.717) is 16.5 Å². The van der Waals surface area contributed by atoms with Gasteiger partial charge in [-0.15, -0.1) is 0 Å². The number of anilines is 2. The van der Waals surface area contributed by atoms with Crippen LogP contribution in [0.25, 0.3) is 0 Å². The molecule has 2 aromatic rings. The van der Waals surface area contributed by atoms with Crippen molar-refractivity contribution in [1.29, 1.82) is 0 Å². The Morgan fingerprint density at radius 1 is 1.22 bits per heavy atom. The van der Waals surface area contributed by atoms with Crippen LogP contribution in [0.2, 0.25) is 5.02 Å². The van der Waals surface area contributed by atoms with E-state index >= 15 is 0 Å². The maximum Gasteiger partial charge on any atom is 0.324 e. The summed E-state index contributed by atoms with van der Waals surface area (Å²) in [5.74, 6) is -0.106. The second-order valence-electron chi connectivity index (χ2n) is 3.45. The number of rotatable bonds is 2. The third-order valence-electron chi connectivity index (χ3n) is 2.05. The van der Waals surface area contributed by atoms with Gasteiger partial charge in [0, 0.05) is 16.9 Å². The molecule has 92 valence electrons. The predicted molar refractivity (Wildman–Crippen MR) is 68.3 cm³/mol. The third-order valence-corrected chi connectivity index (χ3v) is 2.28. The lowest BCUT2D eigenvalue weighted by atomic mass is 10.3. The lowest BCUT2D eigenvalue weighted by molar-refractivity contribution is 0.262. The summed E-state index contributed by atoms with van der Waals surface area (Å²) in [6.45, 7) is 0. The Morgan fingerprint density at radius 2 is 2.06 bits per heavy atom. The van der Waals surface area contributed by atoms with Crippen LogP contribution in [0.5, 0.6) is 0 Å². The normalized spacial score (nSPS) is 9.89. The Labute approximate surface area is 108 Å². The van der Waals surface area contributed by atoms with Gasteiger partial charge < -0.3 is 5.32 Å². The van der Waals surface area contributed by atoms with E-state index in [0.717, 1.165) is 0 Å². The smallest absolute Gasteiger partial charge is 0.308 e. The van der Waals surface area contributed by atoms with Crippen molar-refractivity contribution in [2.45, 2.75) is 0 Å². The minimum Gasteiger partial charge on any atom is -0.308 e. The summed E-state index contributed by atoms with van der Waals surface area (Å²) >= 11 is 5.75. The average Bonchev–Trinajstić information content (AvgIpc) is 2.28. The second-order valence-corrected chi connectivity index (χ2v) is 3.89. The molecule has 0 fully saturated rings. The highest BCUT2D eigenvalue weighted by molar-refractivity contribution is 6.30. The van der Waals surface area contributed by atoms with Gasteiger partial charge in [-0.05, 0) is 30.3 Å². The minimum atomic E-state index is -0.518. The van der Waals surface area contributed by atoms with Crippen LogP contribution in [0.15, 0.2) is 42.6 Å². The van der Waals surface area contributed by atoms with Gasteiger partial charge in [-0.1, -0.05) is 17.7 Å². The number of carbonyl (C=O) groups is 1. The number of hydrogen-bond acceptors (Lipinski definition) is 2. The lowest BCUT2D eigenvalue weighted by Crippen LogP contribution is -2.20. The van der Waals surface area contributed by atoms with E-state index in [1.165, 1.54) is 30.5 Å². The SMILES string of the molecule is O=C(Nc1cccc(F)c1)Nc1cc(Cl)ccn1. The molecule has 2 N–H and O–H groups in total. The fraction of sp³-hybridized carbons (Fsp3) is 0. The zero-order valence-electron chi connectivity index (χ0n) is 9.15. The van der Waals surface area contributed by atoms with Crippen molar-refractivity contribution in [2.75, 3.05) is 10.6 Å². The molecule has 2 amide bonds. The van der Waals surface area contributed by atoms with E-state index in [9.17, 15) is 9.18 Å². The van der Waals surface area contributed by atoms with Crippen molar-refractivity contribution >= 4 is 29.1 Å². The van der Waals surface area contributed by atoms with E-state index in [1.807, 2.05) is 0 Å². The molecule has 0 aliphatic heterocycles. The first kappa shape index (κ1) is 12.3. The molecular formula is C12H9ClFN3O. The monoisotopic (exact) mass is 265 g/mol. The summed E-state index contributed by atoms with van der Waals surface area (Å²) in [6.07, 6.45) is 1.47. The molecular weight excluding hydrogens is 257 g/mol. The minimum absolute atomic E-state index is 0.316. The maximum absolute atomic E-state index is 12.9. The van der Waals surface area contributed by atoms with E-state index < -0.39 is 11.8 Å². The van der Waals surface area contributed by atoms with Crippen molar-refractivity contribution < 1.29 is 9.18 Å². The van der Waals surface area contributed by atoms with Gasteiger partial charge in [-0.2, -0.15) is 0 Å². The predicted octanol–water partition coefficient (Wildman–Crippen LogP) is 3.52. The largest absolute Gasteiger partial charge is 0.324 e. The van der Waals surface area contributed by atoms with Crippen LogP contribution in [-0.4, -0.2) is 11.0 Å². The number of amides is 2. The Bertz CT molecular complexity index is 527.